The lowest BCUT2D eigenvalue weighted by molar-refractivity contribution is 0.536. The Hall–Kier alpha value is -2.46. The Labute approximate surface area is 184 Å². The molecular formula is C26H31N3S. The molecule has 4 heteroatoms. The van der Waals surface area contributed by atoms with E-state index in [9.17, 15) is 0 Å². The van der Waals surface area contributed by atoms with E-state index in [1.54, 1.807) is 11.3 Å². The van der Waals surface area contributed by atoms with Gasteiger partial charge in [-0.1, -0.05) is 49.7 Å². The van der Waals surface area contributed by atoms with Crippen LogP contribution in [-0.2, 0) is 19.3 Å². The fourth-order valence-corrected chi connectivity index (χ4v) is 4.86. The Morgan fingerprint density at radius 2 is 1.73 bits per heavy atom. The Kier molecular flexibility index (Phi) is 6.63. The van der Waals surface area contributed by atoms with Gasteiger partial charge in [-0.05, 0) is 55.4 Å². The lowest BCUT2D eigenvalue weighted by Gasteiger charge is -2.14. The van der Waals surface area contributed by atoms with Crippen molar-refractivity contribution < 1.29 is 0 Å². The van der Waals surface area contributed by atoms with Gasteiger partial charge in [-0.2, -0.15) is 0 Å². The third kappa shape index (κ3) is 4.81. The summed E-state index contributed by atoms with van der Waals surface area (Å²) >= 11 is 1.76. The first-order valence-corrected chi connectivity index (χ1v) is 12.0. The van der Waals surface area contributed by atoms with Crippen molar-refractivity contribution in [1.29, 1.82) is 0 Å². The molecule has 0 N–H and O–H groups in total. The highest BCUT2D eigenvalue weighted by molar-refractivity contribution is 7.10. The Bertz CT molecular complexity index is 1010. The summed E-state index contributed by atoms with van der Waals surface area (Å²) in [6.07, 6.45) is 7.52. The zero-order valence-corrected chi connectivity index (χ0v) is 19.1. The molecule has 2 aromatic carbocycles. The van der Waals surface area contributed by atoms with Crippen molar-refractivity contribution in [3.8, 4) is 11.3 Å². The minimum absolute atomic E-state index is 0.892. The molecule has 0 atom stereocenters. The van der Waals surface area contributed by atoms with Gasteiger partial charge in [0.1, 0.15) is 0 Å². The summed E-state index contributed by atoms with van der Waals surface area (Å²) in [5.74, 6) is 0. The molecule has 2 heterocycles. The van der Waals surface area contributed by atoms with E-state index in [0.29, 0.717) is 0 Å². The molecular weight excluding hydrogens is 386 g/mol. The van der Waals surface area contributed by atoms with E-state index in [0.717, 1.165) is 43.7 Å². The molecule has 3 nitrogen and oxygen atoms in total. The van der Waals surface area contributed by atoms with Gasteiger partial charge in [0.2, 0.25) is 0 Å². The zero-order valence-electron chi connectivity index (χ0n) is 18.3. The van der Waals surface area contributed by atoms with Crippen LogP contribution in [0.5, 0.6) is 0 Å². The van der Waals surface area contributed by atoms with Crippen LogP contribution < -0.4 is 0 Å². The first kappa shape index (κ1) is 20.8. The Balaban J connectivity index is 1.57. The predicted molar refractivity (Wildman–Crippen MR) is 129 cm³/mol. The fourth-order valence-electron chi connectivity index (χ4n) is 4.04. The second-order valence-electron chi connectivity index (χ2n) is 8.11. The standard InChI is InChI=1S/C26H31N3S/c1-4-20-15-24(27-18-29-12-6-7-13-29)21(5-2)14-23(20)16-26-28-25(17-30-26)22-10-8-19(3)9-11-22/h8-11,14-15,17-18H,4-7,12-13,16H2,1-3H3/b27-18+. The molecule has 1 saturated heterocycles. The van der Waals surface area contributed by atoms with Crippen LogP contribution in [0.3, 0.4) is 0 Å². The highest BCUT2D eigenvalue weighted by Gasteiger charge is 2.12. The van der Waals surface area contributed by atoms with E-state index in [-0.39, 0.29) is 0 Å². The number of benzene rings is 2. The van der Waals surface area contributed by atoms with Crippen molar-refractivity contribution in [3.63, 3.8) is 0 Å². The number of aliphatic imine (C=N–C) groups is 1. The number of nitrogens with zero attached hydrogens (tertiary/aromatic N) is 3. The van der Waals surface area contributed by atoms with Gasteiger partial charge in [0, 0.05) is 30.5 Å². The molecule has 0 spiro atoms. The van der Waals surface area contributed by atoms with E-state index in [2.05, 4.69) is 73.8 Å². The normalized spacial score (nSPS) is 14.2. The van der Waals surface area contributed by atoms with Crippen LogP contribution in [0.2, 0.25) is 0 Å². The topological polar surface area (TPSA) is 28.5 Å². The molecule has 0 unspecified atom stereocenters. The predicted octanol–water partition coefficient (Wildman–Crippen LogP) is 6.59. The van der Waals surface area contributed by atoms with Gasteiger partial charge < -0.3 is 4.90 Å². The summed E-state index contributed by atoms with van der Waals surface area (Å²) in [7, 11) is 0. The van der Waals surface area contributed by atoms with Gasteiger partial charge in [-0.25, -0.2) is 9.98 Å². The minimum Gasteiger partial charge on any atom is -0.363 e. The molecule has 30 heavy (non-hydrogen) atoms. The molecule has 1 aliphatic rings. The van der Waals surface area contributed by atoms with Crippen LogP contribution in [-0.4, -0.2) is 29.3 Å². The molecule has 0 amide bonds. The quantitative estimate of drug-likeness (QED) is 0.320. The van der Waals surface area contributed by atoms with Crippen LogP contribution in [0.25, 0.3) is 11.3 Å². The Morgan fingerprint density at radius 1 is 1.00 bits per heavy atom. The van der Waals surface area contributed by atoms with Crippen molar-refractivity contribution in [3.05, 3.63) is 69.0 Å². The number of aromatic nitrogens is 1. The highest BCUT2D eigenvalue weighted by atomic mass is 32.1. The average Bonchev–Trinajstić information content (AvgIpc) is 3.45. The van der Waals surface area contributed by atoms with Crippen LogP contribution in [0.15, 0.2) is 46.8 Å². The molecule has 1 aromatic heterocycles. The van der Waals surface area contributed by atoms with Gasteiger partial charge >= 0.3 is 0 Å². The maximum Gasteiger partial charge on any atom is 0.0976 e. The smallest absolute Gasteiger partial charge is 0.0976 e. The SMILES string of the molecule is CCc1cc(/N=C/N2CCCC2)c(CC)cc1Cc1nc(-c2ccc(C)cc2)cs1. The van der Waals surface area contributed by atoms with E-state index in [1.165, 1.54) is 45.7 Å². The number of hydrogen-bond acceptors (Lipinski definition) is 3. The van der Waals surface area contributed by atoms with Crippen molar-refractivity contribution in [2.45, 2.75) is 52.9 Å². The zero-order chi connectivity index (χ0) is 20.9. The number of thiazole rings is 1. The lowest BCUT2D eigenvalue weighted by Crippen LogP contribution is -2.16. The molecule has 4 rings (SSSR count). The number of rotatable bonds is 7. The second-order valence-corrected chi connectivity index (χ2v) is 9.06. The van der Waals surface area contributed by atoms with Gasteiger partial charge in [-0.15, -0.1) is 11.3 Å². The molecule has 1 fully saturated rings. The summed E-state index contributed by atoms with van der Waals surface area (Å²) < 4.78 is 0. The maximum atomic E-state index is 4.93. The molecule has 0 aliphatic carbocycles. The maximum absolute atomic E-state index is 4.93. The van der Waals surface area contributed by atoms with Gasteiger partial charge in [0.05, 0.1) is 22.7 Å². The lowest BCUT2D eigenvalue weighted by atomic mass is 9.97. The van der Waals surface area contributed by atoms with E-state index >= 15 is 0 Å². The summed E-state index contributed by atoms with van der Waals surface area (Å²) in [6.45, 7) is 8.84. The molecule has 3 aromatic rings. The van der Waals surface area contributed by atoms with Crippen molar-refractivity contribution in [2.24, 2.45) is 4.99 Å². The van der Waals surface area contributed by atoms with Gasteiger partial charge in [0.25, 0.3) is 0 Å². The highest BCUT2D eigenvalue weighted by Crippen LogP contribution is 2.29. The van der Waals surface area contributed by atoms with Crippen LogP contribution in [0, 0.1) is 6.92 Å². The van der Waals surface area contributed by atoms with E-state index in [4.69, 9.17) is 9.98 Å². The van der Waals surface area contributed by atoms with Crippen LogP contribution >= 0.6 is 11.3 Å². The molecule has 0 bridgehead atoms. The number of aryl methyl sites for hydroxylation is 3. The Morgan fingerprint density at radius 3 is 2.43 bits per heavy atom. The first-order valence-electron chi connectivity index (χ1n) is 11.1. The third-order valence-electron chi connectivity index (χ3n) is 5.90. The molecule has 0 radical (unpaired) electrons. The number of hydrogen-bond donors (Lipinski definition) is 0. The van der Waals surface area contributed by atoms with Gasteiger partial charge in [-0.3, -0.25) is 0 Å². The van der Waals surface area contributed by atoms with E-state index in [1.807, 2.05) is 0 Å². The number of likely N-dealkylation sites (tertiary alicyclic amines) is 1. The third-order valence-corrected chi connectivity index (χ3v) is 6.75. The minimum atomic E-state index is 0.892. The summed E-state index contributed by atoms with van der Waals surface area (Å²) in [5, 5.41) is 3.36. The van der Waals surface area contributed by atoms with Crippen molar-refractivity contribution in [2.75, 3.05) is 13.1 Å². The van der Waals surface area contributed by atoms with Crippen LogP contribution in [0.4, 0.5) is 5.69 Å². The average molecular weight is 418 g/mol. The molecule has 1 aliphatic heterocycles. The fraction of sp³-hybridized carbons (Fsp3) is 0.385. The summed E-state index contributed by atoms with van der Waals surface area (Å²) in [5.41, 5.74) is 8.78. The second kappa shape index (κ2) is 9.57. The van der Waals surface area contributed by atoms with Crippen molar-refractivity contribution in [1.82, 2.24) is 9.88 Å². The monoisotopic (exact) mass is 417 g/mol. The van der Waals surface area contributed by atoms with Crippen LogP contribution in [0.1, 0.15) is 54.0 Å². The molecule has 0 saturated carbocycles. The largest absolute Gasteiger partial charge is 0.363 e. The van der Waals surface area contributed by atoms with Crippen molar-refractivity contribution >= 4 is 23.4 Å². The summed E-state index contributed by atoms with van der Waals surface area (Å²) in [6, 6.07) is 13.3. The molecule has 156 valence electrons. The first-order chi connectivity index (χ1) is 14.7. The van der Waals surface area contributed by atoms with E-state index < -0.39 is 0 Å². The summed E-state index contributed by atoms with van der Waals surface area (Å²) in [4.78, 5) is 12.1. The van der Waals surface area contributed by atoms with Gasteiger partial charge in [0.15, 0.2) is 0 Å².